The van der Waals surface area contributed by atoms with E-state index in [0.717, 1.165) is 36.8 Å². The summed E-state index contributed by atoms with van der Waals surface area (Å²) >= 11 is 0. The number of imidazole rings is 1. The molecule has 2 aliphatic rings. The number of amides is 2. The van der Waals surface area contributed by atoms with Crippen molar-refractivity contribution in [1.82, 2.24) is 24.7 Å². The molecular formula is C16H25N5O2. The molecule has 1 unspecified atom stereocenters. The molecule has 7 nitrogen and oxygen atoms in total. The topological polar surface area (TPSA) is 72.5 Å². The Morgan fingerprint density at radius 1 is 1.30 bits per heavy atom. The Labute approximate surface area is 136 Å². The number of H-pyrrole nitrogens is 1. The van der Waals surface area contributed by atoms with Crippen LogP contribution in [0.5, 0.6) is 0 Å². The molecule has 3 rings (SSSR count). The molecule has 0 aromatic carbocycles. The van der Waals surface area contributed by atoms with E-state index >= 15 is 0 Å². The van der Waals surface area contributed by atoms with Crippen LogP contribution in [0.3, 0.4) is 0 Å². The first-order valence-electron chi connectivity index (χ1n) is 8.10. The summed E-state index contributed by atoms with van der Waals surface area (Å²) in [5.74, 6) is 0.965. The number of aryl methyl sites for hydroxylation is 2. The number of hydrogen-bond donors (Lipinski definition) is 1. The van der Waals surface area contributed by atoms with Gasteiger partial charge in [-0.3, -0.25) is 14.5 Å². The van der Waals surface area contributed by atoms with Crippen LogP contribution in [0.2, 0.25) is 0 Å². The largest absolute Gasteiger partial charge is 0.349 e. The van der Waals surface area contributed by atoms with Gasteiger partial charge in [-0.15, -0.1) is 0 Å². The minimum Gasteiger partial charge on any atom is -0.349 e. The Kier molecular flexibility index (Phi) is 4.14. The molecule has 2 aliphatic heterocycles. The summed E-state index contributed by atoms with van der Waals surface area (Å²) in [6.45, 7) is 7.08. The molecule has 1 N–H and O–H groups in total. The summed E-state index contributed by atoms with van der Waals surface area (Å²) in [5, 5.41) is 0. The van der Waals surface area contributed by atoms with Crippen molar-refractivity contribution in [3.8, 4) is 0 Å². The SMILES string of the molecule is Cc1nc(CN2CC(N3CC(C(=O)N(C)C)CC3=O)C2)[nH]c1C. The quantitative estimate of drug-likeness (QED) is 0.857. The summed E-state index contributed by atoms with van der Waals surface area (Å²) in [6.07, 6.45) is 0.351. The summed E-state index contributed by atoms with van der Waals surface area (Å²) in [7, 11) is 3.49. The Morgan fingerprint density at radius 2 is 2.00 bits per heavy atom. The lowest BCUT2D eigenvalue weighted by Gasteiger charge is -2.43. The van der Waals surface area contributed by atoms with Gasteiger partial charge >= 0.3 is 0 Å². The highest BCUT2D eigenvalue weighted by Crippen LogP contribution is 2.26. The van der Waals surface area contributed by atoms with Crippen LogP contribution in [0.15, 0.2) is 0 Å². The highest BCUT2D eigenvalue weighted by Gasteiger charge is 2.42. The molecule has 23 heavy (non-hydrogen) atoms. The van der Waals surface area contributed by atoms with Gasteiger partial charge in [-0.1, -0.05) is 0 Å². The van der Waals surface area contributed by atoms with E-state index in [1.165, 1.54) is 0 Å². The number of carbonyl (C=O) groups excluding carboxylic acids is 2. The lowest BCUT2D eigenvalue weighted by molar-refractivity contribution is -0.134. The third-order valence-electron chi connectivity index (χ3n) is 4.88. The normalized spacial score (nSPS) is 22.5. The number of hydrogen-bond acceptors (Lipinski definition) is 4. The van der Waals surface area contributed by atoms with Gasteiger partial charge in [0.25, 0.3) is 0 Å². The monoisotopic (exact) mass is 319 g/mol. The van der Waals surface area contributed by atoms with Gasteiger partial charge in [0.2, 0.25) is 11.8 Å². The van der Waals surface area contributed by atoms with E-state index in [4.69, 9.17) is 0 Å². The van der Waals surface area contributed by atoms with Gasteiger partial charge in [-0.25, -0.2) is 4.98 Å². The van der Waals surface area contributed by atoms with Crippen molar-refractivity contribution in [3.05, 3.63) is 17.2 Å². The molecule has 0 saturated carbocycles. The maximum Gasteiger partial charge on any atom is 0.227 e. The molecule has 0 radical (unpaired) electrons. The highest BCUT2D eigenvalue weighted by atomic mass is 16.2. The van der Waals surface area contributed by atoms with E-state index in [9.17, 15) is 9.59 Å². The smallest absolute Gasteiger partial charge is 0.227 e. The Morgan fingerprint density at radius 3 is 2.57 bits per heavy atom. The lowest BCUT2D eigenvalue weighted by Crippen LogP contribution is -2.59. The number of aromatic amines is 1. The molecule has 0 spiro atoms. The van der Waals surface area contributed by atoms with E-state index in [2.05, 4.69) is 14.9 Å². The fraction of sp³-hybridized carbons (Fsp3) is 0.688. The van der Waals surface area contributed by atoms with Crippen molar-refractivity contribution in [2.75, 3.05) is 33.7 Å². The fourth-order valence-electron chi connectivity index (χ4n) is 3.39. The number of nitrogens with one attached hydrogen (secondary N) is 1. The van der Waals surface area contributed by atoms with Crippen LogP contribution in [0.4, 0.5) is 0 Å². The summed E-state index contributed by atoms with van der Waals surface area (Å²) < 4.78 is 0. The summed E-state index contributed by atoms with van der Waals surface area (Å²) in [6, 6.07) is 0.236. The molecule has 1 aromatic rings. The van der Waals surface area contributed by atoms with E-state index in [1.54, 1.807) is 19.0 Å². The van der Waals surface area contributed by atoms with Crippen LogP contribution < -0.4 is 0 Å². The Balaban J connectivity index is 1.51. The third kappa shape index (κ3) is 3.10. The average Bonchev–Trinajstić information content (AvgIpc) is 2.96. The molecule has 3 heterocycles. The average molecular weight is 319 g/mol. The van der Waals surface area contributed by atoms with Crippen LogP contribution in [0.25, 0.3) is 0 Å². The van der Waals surface area contributed by atoms with Crippen molar-refractivity contribution in [2.24, 2.45) is 5.92 Å². The van der Waals surface area contributed by atoms with Crippen molar-refractivity contribution in [2.45, 2.75) is 32.9 Å². The molecule has 1 atom stereocenters. The Hall–Kier alpha value is -1.89. The van der Waals surface area contributed by atoms with Gasteiger partial charge in [0, 0.05) is 45.8 Å². The summed E-state index contributed by atoms with van der Waals surface area (Å²) in [4.78, 5) is 37.7. The molecule has 2 saturated heterocycles. The highest BCUT2D eigenvalue weighted by molar-refractivity contribution is 5.89. The molecule has 2 fully saturated rings. The van der Waals surface area contributed by atoms with Gasteiger partial charge in [0.1, 0.15) is 5.82 Å². The zero-order valence-corrected chi connectivity index (χ0v) is 14.3. The molecule has 126 valence electrons. The van der Waals surface area contributed by atoms with Crippen molar-refractivity contribution < 1.29 is 9.59 Å². The molecule has 0 aliphatic carbocycles. The van der Waals surface area contributed by atoms with Gasteiger partial charge in [-0.05, 0) is 13.8 Å². The molecule has 2 amide bonds. The first kappa shape index (κ1) is 16.0. The van der Waals surface area contributed by atoms with Crippen LogP contribution in [-0.4, -0.2) is 76.3 Å². The second-order valence-electron chi connectivity index (χ2n) is 6.92. The van der Waals surface area contributed by atoms with Crippen LogP contribution >= 0.6 is 0 Å². The van der Waals surface area contributed by atoms with E-state index in [0.29, 0.717) is 13.0 Å². The minimum absolute atomic E-state index is 0.0542. The van der Waals surface area contributed by atoms with Gasteiger partial charge < -0.3 is 14.8 Å². The van der Waals surface area contributed by atoms with Crippen LogP contribution in [0, 0.1) is 19.8 Å². The molecule has 7 heteroatoms. The van der Waals surface area contributed by atoms with Gasteiger partial charge in [0.15, 0.2) is 0 Å². The number of carbonyl (C=O) groups is 2. The standard InChI is InChI=1S/C16H25N5O2/c1-10-11(2)18-14(17-10)9-20-7-13(8-20)21-6-12(5-15(21)22)16(23)19(3)4/h12-13H,5-9H2,1-4H3,(H,17,18). The first-order valence-corrected chi connectivity index (χ1v) is 8.10. The second kappa shape index (κ2) is 5.96. The van der Waals surface area contributed by atoms with E-state index < -0.39 is 0 Å². The summed E-state index contributed by atoms with van der Waals surface area (Å²) in [5.41, 5.74) is 2.15. The number of likely N-dealkylation sites (tertiary alicyclic amines) is 2. The van der Waals surface area contributed by atoms with Crippen LogP contribution in [0.1, 0.15) is 23.6 Å². The van der Waals surface area contributed by atoms with Crippen LogP contribution in [-0.2, 0) is 16.1 Å². The zero-order chi connectivity index (χ0) is 16.7. The van der Waals surface area contributed by atoms with Gasteiger partial charge in [0.05, 0.1) is 24.2 Å². The Bertz CT molecular complexity index is 598. The van der Waals surface area contributed by atoms with E-state index in [1.807, 2.05) is 18.7 Å². The third-order valence-corrected chi connectivity index (χ3v) is 4.88. The fourth-order valence-corrected chi connectivity index (χ4v) is 3.39. The lowest BCUT2D eigenvalue weighted by atomic mass is 10.1. The molecular weight excluding hydrogens is 294 g/mol. The number of aromatic nitrogens is 2. The molecule has 1 aromatic heterocycles. The number of rotatable bonds is 4. The van der Waals surface area contributed by atoms with Crippen molar-refractivity contribution >= 4 is 11.8 Å². The maximum absolute atomic E-state index is 12.2. The first-order chi connectivity index (χ1) is 10.8. The predicted molar refractivity (Wildman–Crippen MR) is 85.6 cm³/mol. The molecule has 0 bridgehead atoms. The zero-order valence-electron chi connectivity index (χ0n) is 14.3. The minimum atomic E-state index is -0.179. The van der Waals surface area contributed by atoms with E-state index in [-0.39, 0.29) is 23.8 Å². The van der Waals surface area contributed by atoms with Crippen molar-refractivity contribution in [3.63, 3.8) is 0 Å². The maximum atomic E-state index is 12.2. The number of nitrogens with zero attached hydrogens (tertiary/aromatic N) is 4. The predicted octanol–water partition coefficient (Wildman–Crippen LogP) is 0.147. The van der Waals surface area contributed by atoms with Crippen molar-refractivity contribution in [1.29, 1.82) is 0 Å². The van der Waals surface area contributed by atoms with Gasteiger partial charge in [-0.2, -0.15) is 0 Å². The second-order valence-corrected chi connectivity index (χ2v) is 6.92.